The van der Waals surface area contributed by atoms with E-state index in [0.29, 0.717) is 0 Å². The highest BCUT2D eigenvalue weighted by Gasteiger charge is 1.86. The van der Waals surface area contributed by atoms with Crippen molar-refractivity contribution in [2.45, 2.75) is 39.5 Å². The van der Waals surface area contributed by atoms with Crippen molar-refractivity contribution in [3.05, 3.63) is 11.1 Å². The van der Waals surface area contributed by atoms with Gasteiger partial charge in [-0.05, 0) is 12.8 Å². The van der Waals surface area contributed by atoms with Crippen LogP contribution in [0.4, 0.5) is 0 Å². The third kappa shape index (κ3) is 5.91. The Balaban J connectivity index is 3.30. The second kappa shape index (κ2) is 6.15. The van der Waals surface area contributed by atoms with Gasteiger partial charge in [0.1, 0.15) is 0 Å². The van der Waals surface area contributed by atoms with Crippen LogP contribution in [0, 0.1) is 0 Å². The van der Waals surface area contributed by atoms with Crippen molar-refractivity contribution in [2.75, 3.05) is 0 Å². The van der Waals surface area contributed by atoms with E-state index >= 15 is 0 Å². The fourth-order valence-corrected chi connectivity index (χ4v) is 0.940. The molecule has 0 spiro atoms. The molecule has 0 amide bonds. The maximum absolute atomic E-state index is 5.82. The van der Waals surface area contributed by atoms with Crippen molar-refractivity contribution >= 4 is 11.6 Å². The Morgan fingerprint density at radius 1 is 1.33 bits per heavy atom. The smallest absolute Gasteiger partial charge is 0.0141 e. The first-order valence-corrected chi connectivity index (χ1v) is 4.03. The fourth-order valence-electron chi connectivity index (χ4n) is 0.642. The molecular formula is C8H15Cl. The van der Waals surface area contributed by atoms with Crippen molar-refractivity contribution in [3.63, 3.8) is 0 Å². The summed E-state index contributed by atoms with van der Waals surface area (Å²) >= 11 is 5.82. The van der Waals surface area contributed by atoms with E-state index in [4.69, 9.17) is 11.6 Å². The molecule has 0 aromatic heterocycles. The normalized spacial score (nSPS) is 12.1. The molecule has 0 radical (unpaired) electrons. The Morgan fingerprint density at radius 3 is 2.44 bits per heavy atom. The van der Waals surface area contributed by atoms with Crippen LogP contribution in [0.1, 0.15) is 39.5 Å². The third-order valence-electron chi connectivity index (χ3n) is 1.14. The van der Waals surface area contributed by atoms with Crippen LogP contribution >= 0.6 is 11.6 Å². The second-order valence-corrected chi connectivity index (χ2v) is 2.68. The highest BCUT2D eigenvalue weighted by molar-refractivity contribution is 6.29. The van der Waals surface area contributed by atoms with Gasteiger partial charge < -0.3 is 0 Å². The quantitative estimate of drug-likeness (QED) is 0.567. The van der Waals surface area contributed by atoms with E-state index in [1.165, 1.54) is 6.42 Å². The van der Waals surface area contributed by atoms with Crippen molar-refractivity contribution in [1.82, 2.24) is 0 Å². The summed E-state index contributed by atoms with van der Waals surface area (Å²) in [5, 5.41) is 1.03. The first-order valence-electron chi connectivity index (χ1n) is 3.65. The van der Waals surface area contributed by atoms with E-state index in [0.717, 1.165) is 24.3 Å². The molecule has 0 saturated carbocycles. The molecule has 0 rings (SSSR count). The molecule has 0 aromatic carbocycles. The van der Waals surface area contributed by atoms with Gasteiger partial charge in [-0.15, -0.1) is 0 Å². The first kappa shape index (κ1) is 9.03. The minimum absolute atomic E-state index is 1.03. The van der Waals surface area contributed by atoms with E-state index in [-0.39, 0.29) is 0 Å². The summed E-state index contributed by atoms with van der Waals surface area (Å²) in [7, 11) is 0. The lowest BCUT2D eigenvalue weighted by atomic mass is 10.2. The van der Waals surface area contributed by atoms with Gasteiger partial charge in [0.15, 0.2) is 0 Å². The van der Waals surface area contributed by atoms with Crippen LogP contribution in [0.5, 0.6) is 0 Å². The topological polar surface area (TPSA) is 0 Å². The van der Waals surface area contributed by atoms with Crippen LogP contribution in [0.3, 0.4) is 0 Å². The lowest BCUT2D eigenvalue weighted by Gasteiger charge is -1.92. The lowest BCUT2D eigenvalue weighted by Crippen LogP contribution is -1.71. The average molecular weight is 147 g/mol. The summed E-state index contributed by atoms with van der Waals surface area (Å²) in [5.74, 6) is 0. The monoisotopic (exact) mass is 146 g/mol. The molecule has 0 N–H and O–H groups in total. The molecule has 0 aliphatic rings. The number of halogens is 1. The predicted molar refractivity (Wildman–Crippen MR) is 43.8 cm³/mol. The predicted octanol–water partition coefficient (Wildman–Crippen LogP) is 3.71. The Hall–Kier alpha value is 0.0300. The molecule has 0 saturated heterocycles. The molecule has 0 atom stereocenters. The first-order chi connectivity index (χ1) is 4.31. The highest BCUT2D eigenvalue weighted by atomic mass is 35.5. The van der Waals surface area contributed by atoms with Crippen LogP contribution in [0.15, 0.2) is 11.1 Å². The SMILES string of the molecule is CCC/C=C(/Cl)CCC. The summed E-state index contributed by atoms with van der Waals surface area (Å²) in [5.41, 5.74) is 0. The molecule has 0 unspecified atom stereocenters. The maximum Gasteiger partial charge on any atom is 0.0141 e. The largest absolute Gasteiger partial charge is 0.0895 e. The van der Waals surface area contributed by atoms with Crippen LogP contribution in [0.25, 0.3) is 0 Å². The third-order valence-corrected chi connectivity index (χ3v) is 1.49. The van der Waals surface area contributed by atoms with Crippen molar-refractivity contribution in [2.24, 2.45) is 0 Å². The molecule has 54 valence electrons. The number of hydrogen-bond donors (Lipinski definition) is 0. The van der Waals surface area contributed by atoms with Crippen molar-refractivity contribution in [3.8, 4) is 0 Å². The number of rotatable bonds is 4. The van der Waals surface area contributed by atoms with Crippen LogP contribution < -0.4 is 0 Å². The molecule has 0 aliphatic heterocycles. The van der Waals surface area contributed by atoms with Gasteiger partial charge in [-0.3, -0.25) is 0 Å². The second-order valence-electron chi connectivity index (χ2n) is 2.19. The Morgan fingerprint density at radius 2 is 2.00 bits per heavy atom. The Bertz CT molecular complexity index is 84.6. The van der Waals surface area contributed by atoms with Gasteiger partial charge in [0.2, 0.25) is 0 Å². The van der Waals surface area contributed by atoms with Crippen LogP contribution in [-0.4, -0.2) is 0 Å². The molecule has 0 aliphatic carbocycles. The summed E-state index contributed by atoms with van der Waals surface area (Å²) in [6.07, 6.45) is 6.63. The molecule has 0 bridgehead atoms. The summed E-state index contributed by atoms with van der Waals surface area (Å²) in [6, 6.07) is 0. The van der Waals surface area contributed by atoms with Crippen LogP contribution in [-0.2, 0) is 0 Å². The molecular weight excluding hydrogens is 132 g/mol. The van der Waals surface area contributed by atoms with Crippen molar-refractivity contribution < 1.29 is 0 Å². The standard InChI is InChI=1S/C8H15Cl/c1-3-5-7-8(9)6-4-2/h7H,3-6H2,1-2H3/b8-7+. The maximum atomic E-state index is 5.82. The van der Waals surface area contributed by atoms with Gasteiger partial charge in [-0.25, -0.2) is 0 Å². The van der Waals surface area contributed by atoms with E-state index in [2.05, 4.69) is 19.9 Å². The van der Waals surface area contributed by atoms with E-state index in [1.807, 2.05) is 0 Å². The van der Waals surface area contributed by atoms with Gasteiger partial charge in [0.25, 0.3) is 0 Å². The molecule has 0 fully saturated rings. The average Bonchev–Trinajstić information content (AvgIpc) is 1.85. The number of allylic oxidation sites excluding steroid dienone is 2. The molecule has 0 aromatic rings. The minimum Gasteiger partial charge on any atom is -0.0895 e. The van der Waals surface area contributed by atoms with Crippen LogP contribution in [0.2, 0.25) is 0 Å². The fraction of sp³-hybridized carbons (Fsp3) is 0.750. The van der Waals surface area contributed by atoms with E-state index in [9.17, 15) is 0 Å². The minimum atomic E-state index is 1.03. The lowest BCUT2D eigenvalue weighted by molar-refractivity contribution is 0.910. The zero-order valence-electron chi connectivity index (χ0n) is 6.28. The van der Waals surface area contributed by atoms with Gasteiger partial charge in [-0.1, -0.05) is 44.4 Å². The Labute approximate surface area is 62.9 Å². The van der Waals surface area contributed by atoms with Gasteiger partial charge in [0, 0.05) is 5.03 Å². The summed E-state index contributed by atoms with van der Waals surface area (Å²) < 4.78 is 0. The van der Waals surface area contributed by atoms with Gasteiger partial charge >= 0.3 is 0 Å². The van der Waals surface area contributed by atoms with Gasteiger partial charge in [-0.2, -0.15) is 0 Å². The molecule has 0 heterocycles. The highest BCUT2D eigenvalue weighted by Crippen LogP contribution is 2.10. The van der Waals surface area contributed by atoms with Crippen molar-refractivity contribution in [1.29, 1.82) is 0 Å². The van der Waals surface area contributed by atoms with Gasteiger partial charge in [0.05, 0.1) is 0 Å². The van der Waals surface area contributed by atoms with E-state index < -0.39 is 0 Å². The summed E-state index contributed by atoms with van der Waals surface area (Å²) in [6.45, 7) is 4.30. The number of unbranched alkanes of at least 4 members (excludes halogenated alkanes) is 1. The Kier molecular flexibility index (Phi) is 6.18. The zero-order valence-corrected chi connectivity index (χ0v) is 7.04. The molecule has 0 nitrogen and oxygen atoms in total. The van der Waals surface area contributed by atoms with E-state index in [1.54, 1.807) is 0 Å². The molecule has 1 heteroatoms. The summed E-state index contributed by atoms with van der Waals surface area (Å²) in [4.78, 5) is 0. The molecule has 9 heavy (non-hydrogen) atoms. The zero-order chi connectivity index (χ0) is 7.11. The number of hydrogen-bond acceptors (Lipinski definition) is 0.